The Labute approximate surface area is 123 Å². The van der Waals surface area contributed by atoms with Gasteiger partial charge in [-0.1, -0.05) is 45.6 Å². The van der Waals surface area contributed by atoms with Gasteiger partial charge in [0.2, 0.25) is 0 Å². The van der Waals surface area contributed by atoms with Crippen molar-refractivity contribution in [3.8, 4) is 11.8 Å². The highest BCUT2D eigenvalue weighted by Gasteiger charge is 2.31. The average Bonchev–Trinajstić information content (AvgIpc) is 2.28. The number of unbranched alkanes of at least 4 members (excludes halogenated alkanes) is 1. The Bertz CT molecular complexity index is 513. The zero-order chi connectivity index (χ0) is 15.4. The van der Waals surface area contributed by atoms with Crippen molar-refractivity contribution in [1.29, 1.82) is 0 Å². The monoisotopic (exact) mass is 300 g/mol. The fourth-order valence-electron chi connectivity index (χ4n) is 1.58. The molecule has 0 fully saturated rings. The van der Waals surface area contributed by atoms with Crippen molar-refractivity contribution < 1.29 is 13.2 Å². The maximum absolute atomic E-state index is 12.7. The second kappa shape index (κ2) is 6.58. The number of benzene rings is 1. The summed E-state index contributed by atoms with van der Waals surface area (Å²) < 4.78 is 38.0. The molecular weight excluding hydrogens is 281 g/mol. The smallest absolute Gasteiger partial charge is 0.160 e. The summed E-state index contributed by atoms with van der Waals surface area (Å²) in [7, 11) is 0. The van der Waals surface area contributed by atoms with Crippen molar-refractivity contribution in [3.05, 3.63) is 29.3 Å². The molecule has 0 saturated heterocycles. The van der Waals surface area contributed by atoms with Crippen molar-refractivity contribution in [1.82, 2.24) is 0 Å². The van der Waals surface area contributed by atoms with Crippen LogP contribution in [0.2, 0.25) is 0 Å². The third-order valence-corrected chi connectivity index (χ3v) is 3.46. The molecule has 0 saturated carbocycles. The van der Waals surface area contributed by atoms with Crippen LogP contribution in [0.25, 0.3) is 0 Å². The summed E-state index contributed by atoms with van der Waals surface area (Å²) in [5.74, 6) is 5.75. The minimum Gasteiger partial charge on any atom is -0.160 e. The highest BCUT2D eigenvalue weighted by Crippen LogP contribution is 2.40. The van der Waals surface area contributed by atoms with Gasteiger partial charge in [0.1, 0.15) is 0 Å². The minimum atomic E-state index is -4.29. The van der Waals surface area contributed by atoms with Crippen LogP contribution in [0.1, 0.15) is 51.7 Å². The molecule has 0 amide bonds. The Morgan fingerprint density at radius 1 is 1.15 bits per heavy atom. The first-order valence-electron chi connectivity index (χ1n) is 6.52. The van der Waals surface area contributed by atoms with Gasteiger partial charge in [0.15, 0.2) is 0 Å². The van der Waals surface area contributed by atoms with Gasteiger partial charge in [0, 0.05) is 16.9 Å². The lowest BCUT2D eigenvalue weighted by atomic mass is 9.87. The van der Waals surface area contributed by atoms with Crippen LogP contribution < -0.4 is 0 Å². The molecule has 0 aliphatic heterocycles. The molecule has 1 rings (SSSR count). The highest BCUT2D eigenvalue weighted by atomic mass is 32.2. The van der Waals surface area contributed by atoms with E-state index in [-0.39, 0.29) is 22.1 Å². The second-order valence-corrected chi connectivity index (χ2v) is 6.67. The first kappa shape index (κ1) is 17.0. The number of alkyl halides is 3. The lowest BCUT2D eigenvalue weighted by molar-refractivity contribution is -0.0328. The molecule has 110 valence electrons. The molecule has 0 N–H and O–H groups in total. The molecule has 0 atom stereocenters. The molecule has 0 radical (unpaired) electrons. The predicted octanol–water partition coefficient (Wildman–Crippen LogP) is 5.75. The third kappa shape index (κ3) is 5.50. The molecular formula is C16H19F3S. The Morgan fingerprint density at radius 3 is 2.30 bits per heavy atom. The molecule has 0 aliphatic carbocycles. The predicted molar refractivity (Wildman–Crippen MR) is 78.8 cm³/mol. The fraction of sp³-hybridized carbons (Fsp3) is 0.500. The number of rotatable bonds is 2. The standard InChI is InChI=1S/C16H19F3S/c1-5-6-7-8-12-9-10-13(15(2,3)4)11-14(12)20-16(17,18)19/h9-11H,5-6H2,1-4H3. The highest BCUT2D eigenvalue weighted by molar-refractivity contribution is 8.00. The van der Waals surface area contributed by atoms with Gasteiger partial charge in [-0.25, -0.2) is 0 Å². The lowest BCUT2D eigenvalue weighted by Gasteiger charge is -2.20. The number of hydrogen-bond acceptors (Lipinski definition) is 1. The minimum absolute atomic E-state index is 0.0868. The SMILES string of the molecule is CCCC#Cc1ccc(C(C)(C)C)cc1SC(F)(F)F. The lowest BCUT2D eigenvalue weighted by Crippen LogP contribution is -2.11. The molecule has 0 heterocycles. The molecule has 0 nitrogen and oxygen atoms in total. The zero-order valence-electron chi connectivity index (χ0n) is 12.2. The summed E-state index contributed by atoms with van der Waals surface area (Å²) in [6.45, 7) is 7.93. The van der Waals surface area contributed by atoms with Crippen LogP contribution in [-0.4, -0.2) is 5.51 Å². The maximum Gasteiger partial charge on any atom is 0.446 e. The zero-order valence-corrected chi connectivity index (χ0v) is 13.0. The topological polar surface area (TPSA) is 0 Å². The first-order chi connectivity index (χ1) is 9.13. The Morgan fingerprint density at radius 2 is 1.80 bits per heavy atom. The van der Waals surface area contributed by atoms with Crippen molar-refractivity contribution in [3.63, 3.8) is 0 Å². The molecule has 0 spiro atoms. The molecule has 0 aliphatic rings. The van der Waals surface area contributed by atoms with E-state index in [1.807, 2.05) is 33.8 Å². The summed E-state index contributed by atoms with van der Waals surface area (Å²) in [5.41, 5.74) is -3.15. The maximum atomic E-state index is 12.7. The van der Waals surface area contributed by atoms with E-state index in [0.29, 0.717) is 12.0 Å². The van der Waals surface area contributed by atoms with Crippen LogP contribution in [0.5, 0.6) is 0 Å². The van der Waals surface area contributed by atoms with E-state index >= 15 is 0 Å². The van der Waals surface area contributed by atoms with Gasteiger partial charge in [-0.3, -0.25) is 0 Å². The van der Waals surface area contributed by atoms with Crippen LogP contribution >= 0.6 is 11.8 Å². The average molecular weight is 300 g/mol. The van der Waals surface area contributed by atoms with E-state index in [1.54, 1.807) is 12.1 Å². The largest absolute Gasteiger partial charge is 0.446 e. The number of thioether (sulfide) groups is 1. The molecule has 1 aromatic carbocycles. The summed E-state index contributed by atoms with van der Waals surface area (Å²) in [5, 5.41) is 0. The van der Waals surface area contributed by atoms with E-state index in [4.69, 9.17) is 0 Å². The molecule has 0 bridgehead atoms. The van der Waals surface area contributed by atoms with Crippen molar-refractivity contribution in [2.75, 3.05) is 0 Å². The van der Waals surface area contributed by atoms with E-state index in [2.05, 4.69) is 11.8 Å². The van der Waals surface area contributed by atoms with Crippen LogP contribution in [0.3, 0.4) is 0 Å². The van der Waals surface area contributed by atoms with Gasteiger partial charge >= 0.3 is 5.51 Å². The van der Waals surface area contributed by atoms with Gasteiger partial charge in [-0.2, -0.15) is 13.2 Å². The summed E-state index contributed by atoms with van der Waals surface area (Å²) in [6, 6.07) is 5.15. The van der Waals surface area contributed by atoms with Gasteiger partial charge in [-0.15, -0.1) is 0 Å². The summed E-state index contributed by atoms with van der Waals surface area (Å²) in [6.07, 6.45) is 1.59. The van der Waals surface area contributed by atoms with Gasteiger partial charge in [-0.05, 0) is 41.3 Å². The molecule has 0 aromatic heterocycles. The van der Waals surface area contributed by atoms with Crippen LogP contribution in [0, 0.1) is 11.8 Å². The molecule has 0 unspecified atom stereocenters. The Balaban J connectivity index is 3.21. The van der Waals surface area contributed by atoms with E-state index < -0.39 is 5.51 Å². The third-order valence-electron chi connectivity index (χ3n) is 2.67. The van der Waals surface area contributed by atoms with Gasteiger partial charge < -0.3 is 0 Å². The second-order valence-electron chi connectivity index (χ2n) is 5.56. The fourth-order valence-corrected chi connectivity index (χ4v) is 2.25. The summed E-state index contributed by atoms with van der Waals surface area (Å²) in [4.78, 5) is 0.188. The van der Waals surface area contributed by atoms with Crippen LogP contribution in [0.15, 0.2) is 23.1 Å². The van der Waals surface area contributed by atoms with E-state index in [0.717, 1.165) is 12.0 Å². The molecule has 1 aromatic rings. The number of halogens is 3. The number of hydrogen-bond donors (Lipinski definition) is 0. The van der Waals surface area contributed by atoms with E-state index in [9.17, 15) is 13.2 Å². The Kier molecular flexibility index (Phi) is 5.59. The normalized spacial score (nSPS) is 11.9. The van der Waals surface area contributed by atoms with Crippen molar-refractivity contribution in [2.24, 2.45) is 0 Å². The van der Waals surface area contributed by atoms with E-state index in [1.165, 1.54) is 0 Å². The van der Waals surface area contributed by atoms with Gasteiger partial charge in [0.05, 0.1) is 0 Å². The first-order valence-corrected chi connectivity index (χ1v) is 7.34. The van der Waals surface area contributed by atoms with Crippen molar-refractivity contribution >= 4 is 11.8 Å². The summed E-state index contributed by atoms with van der Waals surface area (Å²) >= 11 is -0.0868. The molecule has 4 heteroatoms. The van der Waals surface area contributed by atoms with Gasteiger partial charge in [0.25, 0.3) is 0 Å². The molecule has 20 heavy (non-hydrogen) atoms. The van der Waals surface area contributed by atoms with Crippen LogP contribution in [-0.2, 0) is 5.41 Å². The quantitative estimate of drug-likeness (QED) is 0.495. The Hall–Kier alpha value is -1.08. The van der Waals surface area contributed by atoms with Crippen LogP contribution in [0.4, 0.5) is 13.2 Å². The van der Waals surface area contributed by atoms with Crippen molar-refractivity contribution in [2.45, 2.75) is 56.4 Å².